The molecule has 1 aromatic heterocycles. The van der Waals surface area contributed by atoms with Gasteiger partial charge in [-0.15, -0.1) is 0 Å². The average molecular weight is 711 g/mol. The molecule has 51 heavy (non-hydrogen) atoms. The molecule has 0 bridgehead atoms. The fraction of sp³-hybridized carbons (Fsp3) is 0.556. The van der Waals surface area contributed by atoms with Gasteiger partial charge < -0.3 is 30.1 Å². The first kappa shape index (κ1) is 35.1. The van der Waals surface area contributed by atoms with Crippen LogP contribution in [0, 0.1) is 0 Å². The van der Waals surface area contributed by atoms with Crippen LogP contribution in [0.5, 0.6) is 0 Å². The number of amides is 4. The van der Waals surface area contributed by atoms with Crippen molar-refractivity contribution in [3.63, 3.8) is 0 Å². The second-order valence-electron chi connectivity index (χ2n) is 14.0. The van der Waals surface area contributed by atoms with Crippen molar-refractivity contribution in [2.75, 3.05) is 64.2 Å². The largest absolute Gasteiger partial charge is 0.436 e. The predicted molar refractivity (Wildman–Crippen MR) is 184 cm³/mol. The fourth-order valence-corrected chi connectivity index (χ4v) is 8.04. The molecule has 0 spiro atoms. The van der Waals surface area contributed by atoms with Gasteiger partial charge in [0, 0.05) is 75.4 Å². The van der Waals surface area contributed by atoms with Crippen molar-refractivity contribution in [3.05, 3.63) is 59.3 Å². The van der Waals surface area contributed by atoms with Gasteiger partial charge in [0.15, 0.2) is 6.10 Å². The third-order valence-electron chi connectivity index (χ3n) is 10.8. The Morgan fingerprint density at radius 1 is 0.922 bits per heavy atom. The van der Waals surface area contributed by atoms with Crippen LogP contribution in [0.3, 0.4) is 0 Å². The number of piperidine rings is 2. The molecule has 4 aliphatic rings. The molecule has 4 amide bonds. The van der Waals surface area contributed by atoms with E-state index >= 15 is 0 Å². The molecule has 5 heterocycles. The average Bonchev–Trinajstić information content (AvgIpc) is 3.33. The maximum Gasteiger partial charge on any atom is 0.418 e. The minimum Gasteiger partial charge on any atom is -0.436 e. The number of nitrogens with zero attached hydrogens (tertiary/aromatic N) is 5. The smallest absolute Gasteiger partial charge is 0.418 e. The standard InChI is InChI=1S/C36H45F3N8O4/c37-36(38,39)29-21-24(20-26-23-41-43-32(26)29)22-31(33(48)45-14-7-27(8-15-45)44-13-3-11-40-12-19-44)51-35(50)46-16-9-28(10-17-46)47-18-6-25-4-1-2-5-30(25)42-34(47)49/h1-2,4-5,20-21,23,27-28,31,40H,3,6-19,22H2,(H,41,43)(H,42,49)/t31-/m1/s1. The molecule has 1 atom stereocenters. The lowest BCUT2D eigenvalue weighted by molar-refractivity contribution is -0.142. The summed E-state index contributed by atoms with van der Waals surface area (Å²) in [6, 6.07) is 10.4. The van der Waals surface area contributed by atoms with Crippen LogP contribution in [-0.4, -0.2) is 125 Å². The number of ether oxygens (including phenoxy) is 1. The Morgan fingerprint density at radius 3 is 2.45 bits per heavy atom. The van der Waals surface area contributed by atoms with Crippen LogP contribution in [0.1, 0.15) is 48.8 Å². The second kappa shape index (κ2) is 15.1. The van der Waals surface area contributed by atoms with Gasteiger partial charge in [0.05, 0.1) is 17.3 Å². The van der Waals surface area contributed by atoms with Gasteiger partial charge >= 0.3 is 18.3 Å². The minimum atomic E-state index is -4.65. The molecule has 3 fully saturated rings. The van der Waals surface area contributed by atoms with Crippen molar-refractivity contribution >= 4 is 34.6 Å². The van der Waals surface area contributed by atoms with Crippen molar-refractivity contribution in [3.8, 4) is 0 Å². The molecule has 3 saturated heterocycles. The van der Waals surface area contributed by atoms with Gasteiger partial charge in [-0.3, -0.25) is 14.8 Å². The molecule has 0 saturated carbocycles. The van der Waals surface area contributed by atoms with Crippen LogP contribution >= 0.6 is 0 Å². The first-order valence-corrected chi connectivity index (χ1v) is 18.0. The Hall–Kier alpha value is -4.37. The molecule has 15 heteroatoms. The maximum absolute atomic E-state index is 14.1. The number of hydrogen-bond donors (Lipinski definition) is 3. The van der Waals surface area contributed by atoms with Crippen LogP contribution in [0.15, 0.2) is 42.6 Å². The predicted octanol–water partition coefficient (Wildman–Crippen LogP) is 4.47. The Bertz CT molecular complexity index is 1710. The van der Waals surface area contributed by atoms with E-state index in [9.17, 15) is 27.6 Å². The number of para-hydroxylation sites is 1. The van der Waals surface area contributed by atoms with Crippen LogP contribution in [0.25, 0.3) is 10.9 Å². The molecule has 274 valence electrons. The molecule has 3 N–H and O–H groups in total. The second-order valence-corrected chi connectivity index (χ2v) is 14.0. The molecule has 0 aliphatic carbocycles. The molecule has 3 aromatic rings. The summed E-state index contributed by atoms with van der Waals surface area (Å²) in [5.41, 5.74) is 1.07. The van der Waals surface area contributed by atoms with E-state index in [2.05, 4.69) is 25.7 Å². The number of fused-ring (bicyclic) bond motifs is 2. The summed E-state index contributed by atoms with van der Waals surface area (Å²) in [6.45, 7) is 6.00. The number of hydrogen-bond acceptors (Lipinski definition) is 7. The number of H-pyrrole nitrogens is 1. The molecular formula is C36H45F3N8O4. The summed E-state index contributed by atoms with van der Waals surface area (Å²) in [5.74, 6) is -0.407. The highest BCUT2D eigenvalue weighted by molar-refractivity contribution is 5.91. The number of urea groups is 1. The van der Waals surface area contributed by atoms with Crippen molar-refractivity contribution in [2.24, 2.45) is 0 Å². The zero-order chi connectivity index (χ0) is 35.5. The van der Waals surface area contributed by atoms with Crippen molar-refractivity contribution in [1.82, 2.24) is 35.1 Å². The summed E-state index contributed by atoms with van der Waals surface area (Å²) in [4.78, 5) is 48.4. The first-order chi connectivity index (χ1) is 24.6. The van der Waals surface area contributed by atoms with Gasteiger partial charge in [-0.1, -0.05) is 18.2 Å². The Kier molecular flexibility index (Phi) is 10.4. The molecule has 0 unspecified atom stereocenters. The van der Waals surface area contributed by atoms with Crippen LogP contribution < -0.4 is 10.6 Å². The molecule has 2 aromatic carbocycles. The van der Waals surface area contributed by atoms with Crippen LogP contribution in [0.2, 0.25) is 0 Å². The van der Waals surface area contributed by atoms with Crippen molar-refractivity contribution < 1.29 is 32.3 Å². The van der Waals surface area contributed by atoms with Crippen LogP contribution in [0.4, 0.5) is 28.4 Å². The Balaban J connectivity index is 1.03. The summed E-state index contributed by atoms with van der Waals surface area (Å²) in [5, 5.41) is 12.9. The molecular weight excluding hydrogens is 665 g/mol. The monoisotopic (exact) mass is 710 g/mol. The number of likely N-dealkylation sites (tertiary alicyclic amines) is 2. The third-order valence-corrected chi connectivity index (χ3v) is 10.8. The first-order valence-electron chi connectivity index (χ1n) is 18.0. The maximum atomic E-state index is 14.1. The molecule has 12 nitrogen and oxygen atoms in total. The number of aromatic amines is 1. The lowest BCUT2D eigenvalue weighted by Crippen LogP contribution is -2.52. The zero-order valence-corrected chi connectivity index (χ0v) is 28.6. The van der Waals surface area contributed by atoms with Crippen molar-refractivity contribution in [2.45, 2.75) is 69.3 Å². The van der Waals surface area contributed by atoms with Gasteiger partial charge in [-0.05, 0) is 80.9 Å². The number of nitrogens with one attached hydrogen (secondary N) is 3. The number of aromatic nitrogens is 2. The van der Waals surface area contributed by atoms with Gasteiger partial charge in [-0.25, -0.2) is 9.59 Å². The van der Waals surface area contributed by atoms with Gasteiger partial charge in [0.1, 0.15) is 0 Å². The number of carbonyl (C=O) groups excluding carboxylic acids is 3. The van der Waals surface area contributed by atoms with E-state index in [1.165, 1.54) is 11.1 Å². The molecule has 0 radical (unpaired) electrons. The van der Waals surface area contributed by atoms with Gasteiger partial charge in [-0.2, -0.15) is 18.3 Å². The Morgan fingerprint density at radius 2 is 1.67 bits per heavy atom. The van der Waals surface area contributed by atoms with Crippen LogP contribution in [-0.2, 0) is 28.5 Å². The Labute approximate surface area is 294 Å². The lowest BCUT2D eigenvalue weighted by Gasteiger charge is -2.40. The number of halogens is 3. The van der Waals surface area contributed by atoms with E-state index in [0.717, 1.165) is 62.8 Å². The third kappa shape index (κ3) is 7.93. The summed E-state index contributed by atoms with van der Waals surface area (Å²) < 4.78 is 48.1. The number of carbonyl (C=O) groups is 3. The van der Waals surface area contributed by atoms with Crippen molar-refractivity contribution in [1.29, 1.82) is 0 Å². The van der Waals surface area contributed by atoms with E-state index in [1.807, 2.05) is 29.2 Å². The van der Waals surface area contributed by atoms with E-state index in [1.54, 1.807) is 11.0 Å². The summed E-state index contributed by atoms with van der Waals surface area (Å²) in [6.07, 6.45) is -1.16. The van der Waals surface area contributed by atoms with Gasteiger partial charge in [0.2, 0.25) is 0 Å². The molecule has 7 rings (SSSR count). The SMILES string of the molecule is O=C(O[C@H](Cc1cc(C(F)(F)F)c2[nH]ncc2c1)C(=O)N1CCC(N2CCCNCC2)CC1)N1CCC(N2CCc3ccccc3NC2=O)CC1. The summed E-state index contributed by atoms with van der Waals surface area (Å²) >= 11 is 0. The quantitative estimate of drug-likeness (QED) is 0.345. The lowest BCUT2D eigenvalue weighted by atomic mass is 9.99. The number of rotatable bonds is 6. The fourth-order valence-electron chi connectivity index (χ4n) is 8.04. The highest BCUT2D eigenvalue weighted by Gasteiger charge is 2.38. The topological polar surface area (TPSA) is 126 Å². The van der Waals surface area contributed by atoms with E-state index < -0.39 is 29.8 Å². The highest BCUT2D eigenvalue weighted by Crippen LogP contribution is 2.35. The van der Waals surface area contributed by atoms with Gasteiger partial charge in [0.25, 0.3) is 5.91 Å². The number of benzene rings is 2. The van der Waals surface area contributed by atoms with E-state index in [-0.39, 0.29) is 35.0 Å². The van der Waals surface area contributed by atoms with E-state index in [4.69, 9.17) is 4.74 Å². The molecule has 4 aliphatic heterocycles. The van der Waals surface area contributed by atoms with E-state index in [0.29, 0.717) is 58.0 Å². The minimum absolute atomic E-state index is 0.0791. The zero-order valence-electron chi connectivity index (χ0n) is 28.6. The number of alkyl halides is 3. The number of anilines is 1. The normalized spacial score (nSPS) is 20.8. The highest BCUT2D eigenvalue weighted by atomic mass is 19.4. The summed E-state index contributed by atoms with van der Waals surface area (Å²) in [7, 11) is 0.